The summed E-state index contributed by atoms with van der Waals surface area (Å²) in [5.41, 5.74) is 0.858. The minimum Gasteiger partial charge on any atom is -0.493 e. The molecule has 1 unspecified atom stereocenters. The van der Waals surface area contributed by atoms with E-state index in [9.17, 15) is 8.42 Å². The lowest BCUT2D eigenvalue weighted by Crippen LogP contribution is -2.34. The molecule has 1 aromatic carbocycles. The first-order valence-electron chi connectivity index (χ1n) is 6.82. The molecule has 1 aromatic rings. The summed E-state index contributed by atoms with van der Waals surface area (Å²) in [5, 5.41) is 3.27. The number of nitrogens with one attached hydrogen (secondary N) is 1. The van der Waals surface area contributed by atoms with Crippen LogP contribution in [0.15, 0.2) is 18.2 Å². The topological polar surface area (TPSA) is 64.6 Å². The molecule has 1 saturated heterocycles. The van der Waals surface area contributed by atoms with Gasteiger partial charge in [0.05, 0.1) is 25.2 Å². The second kappa shape index (κ2) is 6.35. The molecule has 1 atom stereocenters. The molecule has 1 fully saturated rings. The van der Waals surface area contributed by atoms with Gasteiger partial charge in [0.2, 0.25) is 0 Å². The minimum absolute atomic E-state index is 0.0309. The van der Waals surface area contributed by atoms with Crippen LogP contribution in [0.5, 0.6) is 11.5 Å². The third kappa shape index (κ3) is 3.79. The first-order chi connectivity index (χ1) is 9.54. The molecular formula is C14H21NO4S. The van der Waals surface area contributed by atoms with Gasteiger partial charge in [-0.15, -0.1) is 0 Å². The fraction of sp³-hybridized carbons (Fsp3) is 0.571. The Morgan fingerprint density at radius 3 is 2.80 bits per heavy atom. The number of benzene rings is 1. The number of methoxy groups -OCH3 is 1. The van der Waals surface area contributed by atoms with Crippen LogP contribution >= 0.6 is 0 Å². The maximum atomic E-state index is 11.6. The predicted molar refractivity (Wildman–Crippen MR) is 79.5 cm³/mol. The Hall–Kier alpha value is -1.43. The summed E-state index contributed by atoms with van der Waals surface area (Å²) in [6.45, 7) is 2.46. The van der Waals surface area contributed by atoms with Gasteiger partial charge in [-0.3, -0.25) is 0 Å². The summed E-state index contributed by atoms with van der Waals surface area (Å²) < 4.78 is 34.0. The summed E-state index contributed by atoms with van der Waals surface area (Å²) in [5.74, 6) is 1.84. The predicted octanol–water partition coefficient (Wildman–Crippen LogP) is 2.08. The normalized spacial score (nSPS) is 21.2. The Morgan fingerprint density at radius 1 is 1.35 bits per heavy atom. The number of anilines is 1. The molecule has 112 valence electrons. The molecule has 2 rings (SSSR count). The van der Waals surface area contributed by atoms with E-state index in [1.54, 1.807) is 7.11 Å². The molecule has 6 heteroatoms. The Bertz CT molecular complexity index is 556. The molecule has 0 aromatic heterocycles. The van der Waals surface area contributed by atoms with Gasteiger partial charge in [0.25, 0.3) is 0 Å². The highest BCUT2D eigenvalue weighted by molar-refractivity contribution is 7.91. The molecule has 0 aliphatic carbocycles. The van der Waals surface area contributed by atoms with Gasteiger partial charge in [-0.05, 0) is 31.9 Å². The lowest BCUT2D eigenvalue weighted by atomic mass is 10.1. The van der Waals surface area contributed by atoms with Crippen LogP contribution in [0.2, 0.25) is 0 Å². The van der Waals surface area contributed by atoms with Crippen molar-refractivity contribution < 1.29 is 17.9 Å². The van der Waals surface area contributed by atoms with Crippen LogP contribution in [0.4, 0.5) is 5.69 Å². The summed E-state index contributed by atoms with van der Waals surface area (Å²) in [4.78, 5) is 0. The van der Waals surface area contributed by atoms with Gasteiger partial charge in [0.15, 0.2) is 21.3 Å². The maximum Gasteiger partial charge on any atom is 0.163 e. The summed E-state index contributed by atoms with van der Waals surface area (Å²) in [7, 11) is -1.31. The van der Waals surface area contributed by atoms with Gasteiger partial charge < -0.3 is 14.8 Å². The molecule has 5 nitrogen and oxygen atoms in total. The van der Waals surface area contributed by atoms with Crippen LogP contribution in [0.1, 0.15) is 19.8 Å². The highest BCUT2D eigenvalue weighted by Crippen LogP contribution is 2.31. The van der Waals surface area contributed by atoms with E-state index in [-0.39, 0.29) is 11.8 Å². The molecule has 0 amide bonds. The standard InChI is InChI=1S/C14H21NO4S/c1-3-19-14-9-11(6-7-13(14)18-2)15-12-5-4-8-20(16,17)10-12/h6-7,9,12,15H,3-5,8,10H2,1-2H3. The van der Waals surface area contributed by atoms with Crippen molar-refractivity contribution in [2.75, 3.05) is 30.5 Å². The van der Waals surface area contributed by atoms with E-state index in [2.05, 4.69) is 5.32 Å². The SMILES string of the molecule is CCOc1cc(NC2CCCS(=O)(=O)C2)ccc1OC. The van der Waals surface area contributed by atoms with E-state index >= 15 is 0 Å². The number of hydrogen-bond acceptors (Lipinski definition) is 5. The number of hydrogen-bond donors (Lipinski definition) is 1. The van der Waals surface area contributed by atoms with E-state index in [1.807, 2.05) is 25.1 Å². The average molecular weight is 299 g/mol. The average Bonchev–Trinajstić information content (AvgIpc) is 2.38. The number of rotatable bonds is 5. The Morgan fingerprint density at radius 2 is 2.15 bits per heavy atom. The van der Waals surface area contributed by atoms with Crippen molar-refractivity contribution in [2.45, 2.75) is 25.8 Å². The number of sulfone groups is 1. The second-order valence-corrected chi connectivity index (χ2v) is 7.13. The van der Waals surface area contributed by atoms with E-state index in [1.165, 1.54) is 0 Å². The van der Waals surface area contributed by atoms with E-state index < -0.39 is 9.84 Å². The van der Waals surface area contributed by atoms with Crippen LogP contribution in [-0.2, 0) is 9.84 Å². The lowest BCUT2D eigenvalue weighted by Gasteiger charge is -2.24. The summed E-state index contributed by atoms with van der Waals surface area (Å²) in [6, 6.07) is 5.52. The summed E-state index contributed by atoms with van der Waals surface area (Å²) in [6.07, 6.45) is 1.59. The maximum absolute atomic E-state index is 11.6. The van der Waals surface area contributed by atoms with Crippen molar-refractivity contribution in [1.29, 1.82) is 0 Å². The third-order valence-corrected chi connectivity index (χ3v) is 5.12. The Kier molecular flexibility index (Phi) is 4.75. The molecule has 0 spiro atoms. The zero-order valence-corrected chi connectivity index (χ0v) is 12.7. The third-order valence-electron chi connectivity index (χ3n) is 3.30. The Balaban J connectivity index is 2.11. The van der Waals surface area contributed by atoms with Crippen molar-refractivity contribution in [3.8, 4) is 11.5 Å². The van der Waals surface area contributed by atoms with Crippen LogP contribution in [-0.4, -0.2) is 39.7 Å². The zero-order chi connectivity index (χ0) is 14.6. The zero-order valence-electron chi connectivity index (χ0n) is 11.9. The molecule has 20 heavy (non-hydrogen) atoms. The first kappa shape index (κ1) is 15.0. The van der Waals surface area contributed by atoms with Gasteiger partial charge in [-0.25, -0.2) is 8.42 Å². The van der Waals surface area contributed by atoms with Crippen LogP contribution in [0, 0.1) is 0 Å². The van der Waals surface area contributed by atoms with E-state index in [0.717, 1.165) is 12.1 Å². The molecule has 1 aliphatic heterocycles. The minimum atomic E-state index is -2.90. The number of ether oxygens (including phenoxy) is 2. The van der Waals surface area contributed by atoms with Gasteiger partial charge in [0.1, 0.15) is 0 Å². The molecular weight excluding hydrogens is 278 g/mol. The van der Waals surface area contributed by atoms with Crippen molar-refractivity contribution in [2.24, 2.45) is 0 Å². The molecule has 1 aliphatic rings. The Labute approximate surface area is 120 Å². The fourth-order valence-corrected chi connectivity index (χ4v) is 4.04. The van der Waals surface area contributed by atoms with Gasteiger partial charge >= 0.3 is 0 Å². The smallest absolute Gasteiger partial charge is 0.163 e. The van der Waals surface area contributed by atoms with Crippen molar-refractivity contribution >= 4 is 15.5 Å². The van der Waals surface area contributed by atoms with Crippen LogP contribution < -0.4 is 14.8 Å². The highest BCUT2D eigenvalue weighted by Gasteiger charge is 2.24. The van der Waals surface area contributed by atoms with Crippen LogP contribution in [0.3, 0.4) is 0 Å². The highest BCUT2D eigenvalue weighted by atomic mass is 32.2. The summed E-state index contributed by atoms with van der Waals surface area (Å²) >= 11 is 0. The molecule has 0 saturated carbocycles. The molecule has 0 radical (unpaired) electrons. The monoisotopic (exact) mass is 299 g/mol. The van der Waals surface area contributed by atoms with Crippen molar-refractivity contribution in [3.63, 3.8) is 0 Å². The van der Waals surface area contributed by atoms with Gasteiger partial charge in [-0.1, -0.05) is 0 Å². The second-order valence-electron chi connectivity index (χ2n) is 4.90. The lowest BCUT2D eigenvalue weighted by molar-refractivity contribution is 0.311. The van der Waals surface area contributed by atoms with Gasteiger partial charge in [-0.2, -0.15) is 0 Å². The largest absolute Gasteiger partial charge is 0.493 e. The molecule has 1 heterocycles. The van der Waals surface area contributed by atoms with Crippen LogP contribution in [0.25, 0.3) is 0 Å². The van der Waals surface area contributed by atoms with E-state index in [0.29, 0.717) is 30.3 Å². The fourth-order valence-electron chi connectivity index (χ4n) is 2.41. The van der Waals surface area contributed by atoms with E-state index in [4.69, 9.17) is 9.47 Å². The first-order valence-corrected chi connectivity index (χ1v) is 8.64. The van der Waals surface area contributed by atoms with Crippen molar-refractivity contribution in [3.05, 3.63) is 18.2 Å². The van der Waals surface area contributed by atoms with Crippen molar-refractivity contribution in [1.82, 2.24) is 0 Å². The van der Waals surface area contributed by atoms with Gasteiger partial charge in [0, 0.05) is 17.8 Å². The molecule has 0 bridgehead atoms. The molecule has 1 N–H and O–H groups in total. The quantitative estimate of drug-likeness (QED) is 0.902.